The summed E-state index contributed by atoms with van der Waals surface area (Å²) in [6.45, 7) is 1.90. The van der Waals surface area contributed by atoms with Crippen LogP contribution in [0.15, 0.2) is 78.0 Å². The van der Waals surface area contributed by atoms with Crippen molar-refractivity contribution in [3.63, 3.8) is 0 Å². The summed E-state index contributed by atoms with van der Waals surface area (Å²) >= 11 is 13.3. The minimum atomic E-state index is -0.424. The average molecular weight is 529 g/mol. The van der Waals surface area contributed by atoms with Crippen LogP contribution in [0.5, 0.6) is 11.5 Å². The molecule has 3 aromatic carbocycles. The Morgan fingerprint density at radius 2 is 1.71 bits per heavy atom. The molecule has 0 fully saturated rings. The van der Waals surface area contributed by atoms with Crippen LogP contribution in [-0.2, 0) is 4.79 Å². The molecule has 1 amide bonds. The first-order valence-corrected chi connectivity index (χ1v) is 12.4. The van der Waals surface area contributed by atoms with Gasteiger partial charge in [-0.15, -0.1) is 10.2 Å². The van der Waals surface area contributed by atoms with E-state index in [2.05, 4.69) is 15.5 Å². The van der Waals surface area contributed by atoms with Gasteiger partial charge in [0.25, 0.3) is 0 Å². The minimum absolute atomic E-state index is 0.111. The lowest BCUT2D eigenvalue weighted by molar-refractivity contribution is -0.113. The molecule has 0 saturated heterocycles. The van der Waals surface area contributed by atoms with Gasteiger partial charge < -0.3 is 14.8 Å². The van der Waals surface area contributed by atoms with Crippen LogP contribution < -0.4 is 14.8 Å². The summed E-state index contributed by atoms with van der Waals surface area (Å²) in [5.74, 6) is 1.83. The van der Waals surface area contributed by atoms with Gasteiger partial charge in [0, 0.05) is 27.5 Å². The number of halogens is 2. The Morgan fingerprint density at radius 1 is 1.00 bits per heavy atom. The topological polar surface area (TPSA) is 78.3 Å². The van der Waals surface area contributed by atoms with Crippen molar-refractivity contribution in [2.75, 3.05) is 18.2 Å². The molecule has 0 radical (unpaired) electrons. The summed E-state index contributed by atoms with van der Waals surface area (Å²) < 4.78 is 13.3. The Morgan fingerprint density at radius 3 is 2.43 bits per heavy atom. The van der Waals surface area contributed by atoms with Crippen molar-refractivity contribution in [2.24, 2.45) is 0 Å². The van der Waals surface area contributed by atoms with Crippen LogP contribution in [0.2, 0.25) is 10.0 Å². The number of nitrogens with zero attached hydrogens (tertiary/aromatic N) is 3. The number of nitrogens with one attached hydrogen (secondary N) is 1. The number of carbonyl (C=O) groups is 1. The molecule has 1 unspecified atom stereocenters. The Hall–Kier alpha value is -3.20. The van der Waals surface area contributed by atoms with Crippen molar-refractivity contribution in [2.45, 2.75) is 18.2 Å². The first kappa shape index (κ1) is 24.9. The number of anilines is 1. The van der Waals surface area contributed by atoms with Gasteiger partial charge in [0.2, 0.25) is 5.91 Å². The molecule has 0 aliphatic carbocycles. The largest absolute Gasteiger partial charge is 0.497 e. The van der Waals surface area contributed by atoms with Crippen LogP contribution in [0.25, 0.3) is 5.69 Å². The third-order valence-corrected chi connectivity index (χ3v) is 6.23. The molecular weight excluding hydrogens is 507 g/mol. The fourth-order valence-corrected chi connectivity index (χ4v) is 4.63. The molecule has 10 heteroatoms. The van der Waals surface area contributed by atoms with E-state index < -0.39 is 6.10 Å². The van der Waals surface area contributed by atoms with Gasteiger partial charge in [-0.1, -0.05) is 59.2 Å². The summed E-state index contributed by atoms with van der Waals surface area (Å²) in [7, 11) is 1.61. The van der Waals surface area contributed by atoms with Gasteiger partial charge in [0.05, 0.1) is 12.9 Å². The van der Waals surface area contributed by atoms with Crippen LogP contribution in [0, 0.1) is 0 Å². The number of benzene rings is 3. The lowest BCUT2D eigenvalue weighted by atomic mass is 10.3. The zero-order valence-corrected chi connectivity index (χ0v) is 21.3. The molecule has 0 aliphatic rings. The van der Waals surface area contributed by atoms with Gasteiger partial charge in [-0.3, -0.25) is 9.36 Å². The highest BCUT2D eigenvalue weighted by Gasteiger charge is 2.22. The van der Waals surface area contributed by atoms with E-state index in [1.165, 1.54) is 11.8 Å². The first-order valence-electron chi connectivity index (χ1n) is 10.6. The second kappa shape index (κ2) is 11.5. The number of hydrogen-bond donors (Lipinski definition) is 1. The smallest absolute Gasteiger partial charge is 0.234 e. The Kier molecular flexibility index (Phi) is 8.17. The van der Waals surface area contributed by atoms with E-state index in [0.29, 0.717) is 38.2 Å². The van der Waals surface area contributed by atoms with Crippen LogP contribution in [0.1, 0.15) is 18.9 Å². The van der Waals surface area contributed by atoms with Crippen molar-refractivity contribution >= 4 is 46.6 Å². The molecule has 7 nitrogen and oxygen atoms in total. The van der Waals surface area contributed by atoms with Crippen molar-refractivity contribution in [3.05, 3.63) is 88.7 Å². The van der Waals surface area contributed by atoms with Gasteiger partial charge in [0.15, 0.2) is 17.1 Å². The quantitative estimate of drug-likeness (QED) is 0.251. The van der Waals surface area contributed by atoms with Gasteiger partial charge in [-0.05, 0) is 49.4 Å². The first-order chi connectivity index (χ1) is 16.9. The lowest BCUT2D eigenvalue weighted by Crippen LogP contribution is -2.15. The number of ether oxygens (including phenoxy) is 2. The summed E-state index contributed by atoms with van der Waals surface area (Å²) in [6, 6.07) is 21.9. The predicted molar refractivity (Wildman–Crippen MR) is 139 cm³/mol. The summed E-state index contributed by atoms with van der Waals surface area (Å²) in [6.07, 6.45) is -0.424. The third-order valence-electron chi connectivity index (χ3n) is 4.87. The van der Waals surface area contributed by atoms with E-state index in [1.54, 1.807) is 25.3 Å². The number of carbonyl (C=O) groups excluding carboxylic acids is 1. The molecule has 4 aromatic rings. The highest BCUT2D eigenvalue weighted by atomic mass is 35.5. The van der Waals surface area contributed by atoms with E-state index in [9.17, 15) is 4.79 Å². The number of rotatable bonds is 9. The monoisotopic (exact) mass is 528 g/mol. The van der Waals surface area contributed by atoms with Crippen LogP contribution in [-0.4, -0.2) is 33.5 Å². The lowest BCUT2D eigenvalue weighted by Gasteiger charge is -2.17. The molecule has 35 heavy (non-hydrogen) atoms. The van der Waals surface area contributed by atoms with E-state index in [0.717, 1.165) is 5.69 Å². The normalized spacial score (nSPS) is 11.7. The van der Waals surface area contributed by atoms with Crippen molar-refractivity contribution in [1.29, 1.82) is 0 Å². The fourth-order valence-electron chi connectivity index (χ4n) is 3.34. The number of aromatic nitrogens is 3. The van der Waals surface area contributed by atoms with Crippen LogP contribution in [0.3, 0.4) is 0 Å². The Bertz CT molecular complexity index is 1300. The predicted octanol–water partition coefficient (Wildman–Crippen LogP) is 6.45. The van der Waals surface area contributed by atoms with Gasteiger partial charge >= 0.3 is 0 Å². The molecule has 0 aliphatic heterocycles. The van der Waals surface area contributed by atoms with E-state index in [-0.39, 0.29) is 11.7 Å². The van der Waals surface area contributed by atoms with Crippen molar-refractivity contribution in [3.8, 4) is 17.2 Å². The molecule has 1 N–H and O–H groups in total. The number of amides is 1. The summed E-state index contributed by atoms with van der Waals surface area (Å²) in [5, 5.41) is 13.0. The number of hydrogen-bond acceptors (Lipinski definition) is 6. The van der Waals surface area contributed by atoms with Crippen LogP contribution >= 0.6 is 35.0 Å². The number of methoxy groups -OCH3 is 1. The maximum absolute atomic E-state index is 12.6. The fraction of sp³-hybridized carbons (Fsp3) is 0.160. The zero-order valence-electron chi connectivity index (χ0n) is 18.9. The average Bonchev–Trinajstić information content (AvgIpc) is 3.27. The zero-order chi connectivity index (χ0) is 24.8. The molecule has 0 bridgehead atoms. The van der Waals surface area contributed by atoms with E-state index in [1.807, 2.05) is 66.1 Å². The molecule has 0 spiro atoms. The molecule has 1 atom stereocenters. The highest BCUT2D eigenvalue weighted by Crippen LogP contribution is 2.29. The third kappa shape index (κ3) is 6.48. The van der Waals surface area contributed by atoms with Gasteiger partial charge in [0.1, 0.15) is 11.5 Å². The van der Waals surface area contributed by atoms with Gasteiger partial charge in [-0.2, -0.15) is 0 Å². The molecule has 4 rings (SSSR count). The standard InChI is InChI=1S/C25H22Cl2N4O3S/c1-16(34-22-10-6-9-21(14-22)33-2)24-29-30-25(31(24)20-7-4-3-5-8-20)35-15-23(32)28-19-12-17(26)11-18(27)13-19/h3-14,16H,15H2,1-2H3,(H,28,32). The maximum atomic E-state index is 12.6. The Balaban J connectivity index is 1.54. The highest BCUT2D eigenvalue weighted by molar-refractivity contribution is 7.99. The number of thioether (sulfide) groups is 1. The van der Waals surface area contributed by atoms with Crippen molar-refractivity contribution < 1.29 is 14.3 Å². The maximum Gasteiger partial charge on any atom is 0.234 e. The molecule has 0 saturated carbocycles. The Labute approximate surface area is 217 Å². The van der Waals surface area contributed by atoms with Crippen molar-refractivity contribution in [1.82, 2.24) is 14.8 Å². The second-order valence-electron chi connectivity index (χ2n) is 7.45. The molecule has 1 aromatic heterocycles. The second-order valence-corrected chi connectivity index (χ2v) is 9.26. The summed E-state index contributed by atoms with van der Waals surface area (Å²) in [4.78, 5) is 12.6. The SMILES string of the molecule is COc1cccc(OC(C)c2nnc(SCC(=O)Nc3cc(Cl)cc(Cl)c3)n2-c2ccccc2)c1. The van der Waals surface area contributed by atoms with E-state index in [4.69, 9.17) is 32.7 Å². The summed E-state index contributed by atoms with van der Waals surface area (Å²) in [5.41, 5.74) is 1.39. The molecular formula is C25H22Cl2N4O3S. The van der Waals surface area contributed by atoms with E-state index >= 15 is 0 Å². The van der Waals surface area contributed by atoms with Crippen LogP contribution in [0.4, 0.5) is 5.69 Å². The molecule has 180 valence electrons. The number of para-hydroxylation sites is 1. The van der Waals surface area contributed by atoms with Gasteiger partial charge in [-0.25, -0.2) is 0 Å². The minimum Gasteiger partial charge on any atom is -0.497 e. The molecule has 1 heterocycles.